The summed E-state index contributed by atoms with van der Waals surface area (Å²) < 4.78 is 0. The molecule has 0 saturated carbocycles. The first-order valence-electron chi connectivity index (χ1n) is 7.79. The molecule has 120 valence electrons. The van der Waals surface area contributed by atoms with Crippen LogP contribution in [0.3, 0.4) is 0 Å². The number of rotatable bonds is 3. The molecule has 3 aromatic carbocycles. The molecule has 4 nitrogen and oxygen atoms in total. The predicted octanol–water partition coefficient (Wildman–Crippen LogP) is 4.92. The average molecular weight is 345 g/mol. The number of hydrogen-bond donors (Lipinski definition) is 0. The lowest BCUT2D eigenvalue weighted by atomic mass is 9.99. The van der Waals surface area contributed by atoms with E-state index in [0.717, 1.165) is 22.3 Å². The summed E-state index contributed by atoms with van der Waals surface area (Å²) in [5, 5.41) is 12.8. The van der Waals surface area contributed by atoms with E-state index < -0.39 is 0 Å². The first-order valence-corrected chi connectivity index (χ1v) is 8.17. The highest BCUT2D eigenvalue weighted by Crippen LogP contribution is 2.30. The lowest BCUT2D eigenvalue weighted by Gasteiger charge is -2.08. The van der Waals surface area contributed by atoms with Crippen LogP contribution in [0.5, 0.6) is 0 Å². The summed E-state index contributed by atoms with van der Waals surface area (Å²) in [6, 6.07) is 25.5. The zero-order valence-corrected chi connectivity index (χ0v) is 13.9. The van der Waals surface area contributed by atoms with E-state index in [2.05, 4.69) is 38.6 Å². The van der Waals surface area contributed by atoms with Crippen molar-refractivity contribution in [2.45, 2.75) is 0 Å². The molecule has 0 fully saturated rings. The molecule has 0 amide bonds. The molecule has 0 saturated heterocycles. The number of nitrogens with zero attached hydrogens (tertiary/aromatic N) is 4. The van der Waals surface area contributed by atoms with E-state index in [1.54, 1.807) is 12.1 Å². The van der Waals surface area contributed by atoms with Gasteiger partial charge in [0.2, 0.25) is 0 Å². The molecule has 1 heterocycles. The highest BCUT2D eigenvalue weighted by Gasteiger charge is 2.12. The van der Waals surface area contributed by atoms with Crippen molar-refractivity contribution in [2.24, 2.45) is 0 Å². The number of aromatic nitrogens is 4. The van der Waals surface area contributed by atoms with Crippen molar-refractivity contribution in [1.29, 1.82) is 0 Å². The minimum atomic E-state index is 0.518. The van der Waals surface area contributed by atoms with Crippen LogP contribution < -0.4 is 0 Å². The van der Waals surface area contributed by atoms with E-state index in [1.165, 1.54) is 0 Å². The molecule has 4 rings (SSSR count). The van der Waals surface area contributed by atoms with E-state index in [9.17, 15) is 0 Å². The molecule has 5 heteroatoms. The van der Waals surface area contributed by atoms with Crippen LogP contribution in [0.1, 0.15) is 0 Å². The van der Waals surface area contributed by atoms with Crippen molar-refractivity contribution in [3.05, 3.63) is 83.9 Å². The fourth-order valence-electron chi connectivity index (χ4n) is 2.63. The standard InChI is InChI=1S/C20H13ClN4/c21-16-12-10-15(11-13-16)19-22-20(24-25-23-19)18-9-5-4-8-17(18)14-6-2-1-3-7-14/h1-13H. The van der Waals surface area contributed by atoms with Gasteiger partial charge in [-0.1, -0.05) is 66.2 Å². The van der Waals surface area contributed by atoms with Gasteiger partial charge in [-0.3, -0.25) is 0 Å². The minimum absolute atomic E-state index is 0.518. The summed E-state index contributed by atoms with van der Waals surface area (Å²) in [4.78, 5) is 4.60. The second-order valence-electron chi connectivity index (χ2n) is 5.47. The molecule has 0 aliphatic heterocycles. The Bertz CT molecular complexity index is 1000. The first kappa shape index (κ1) is 15.4. The van der Waals surface area contributed by atoms with E-state index in [-0.39, 0.29) is 0 Å². The molecule has 0 unspecified atom stereocenters. The molecule has 0 bridgehead atoms. The Hall–Kier alpha value is -3.11. The Morgan fingerprint density at radius 2 is 1.20 bits per heavy atom. The van der Waals surface area contributed by atoms with E-state index >= 15 is 0 Å². The second kappa shape index (κ2) is 6.79. The zero-order chi connectivity index (χ0) is 17.1. The van der Waals surface area contributed by atoms with Crippen LogP contribution in [-0.4, -0.2) is 20.4 Å². The Morgan fingerprint density at radius 3 is 1.96 bits per heavy atom. The molecule has 0 aliphatic rings. The quantitative estimate of drug-likeness (QED) is 0.529. The molecule has 0 spiro atoms. The SMILES string of the molecule is Clc1ccc(-c2nnnc(-c3ccccc3-c3ccccc3)n2)cc1. The Labute approximate surface area is 150 Å². The van der Waals surface area contributed by atoms with Crippen LogP contribution in [0.15, 0.2) is 78.9 Å². The van der Waals surface area contributed by atoms with E-state index in [1.807, 2.05) is 48.5 Å². The van der Waals surface area contributed by atoms with Gasteiger partial charge in [0.15, 0.2) is 11.6 Å². The smallest absolute Gasteiger partial charge is 0.186 e. The van der Waals surface area contributed by atoms with E-state index in [4.69, 9.17) is 11.6 Å². The van der Waals surface area contributed by atoms with Crippen molar-refractivity contribution < 1.29 is 0 Å². The van der Waals surface area contributed by atoms with Gasteiger partial charge in [-0.05, 0) is 40.6 Å². The molecule has 1 aromatic heterocycles. The van der Waals surface area contributed by atoms with Gasteiger partial charge in [0.25, 0.3) is 0 Å². The maximum Gasteiger partial charge on any atom is 0.186 e. The summed E-state index contributed by atoms with van der Waals surface area (Å²) >= 11 is 5.95. The van der Waals surface area contributed by atoms with Gasteiger partial charge in [0.1, 0.15) is 0 Å². The van der Waals surface area contributed by atoms with Gasteiger partial charge in [0.05, 0.1) is 0 Å². The van der Waals surface area contributed by atoms with Gasteiger partial charge in [-0.2, -0.15) is 0 Å². The molecule has 25 heavy (non-hydrogen) atoms. The third-order valence-electron chi connectivity index (χ3n) is 3.85. The first-order chi connectivity index (χ1) is 12.3. The highest BCUT2D eigenvalue weighted by atomic mass is 35.5. The van der Waals surface area contributed by atoms with Gasteiger partial charge in [-0.25, -0.2) is 4.98 Å². The van der Waals surface area contributed by atoms with Crippen LogP contribution in [0, 0.1) is 0 Å². The van der Waals surface area contributed by atoms with E-state index in [0.29, 0.717) is 16.7 Å². The van der Waals surface area contributed by atoms with Gasteiger partial charge in [-0.15, -0.1) is 10.2 Å². The van der Waals surface area contributed by atoms with Crippen molar-refractivity contribution in [1.82, 2.24) is 20.4 Å². The maximum atomic E-state index is 5.95. The molecular formula is C20H13ClN4. The second-order valence-corrected chi connectivity index (χ2v) is 5.90. The monoisotopic (exact) mass is 344 g/mol. The van der Waals surface area contributed by atoms with Crippen molar-refractivity contribution >= 4 is 11.6 Å². The van der Waals surface area contributed by atoms with Crippen molar-refractivity contribution in [3.63, 3.8) is 0 Å². The molecule has 0 N–H and O–H groups in total. The lowest BCUT2D eigenvalue weighted by molar-refractivity contribution is 0.835. The zero-order valence-electron chi connectivity index (χ0n) is 13.2. The fourth-order valence-corrected chi connectivity index (χ4v) is 2.76. The molecular weight excluding hydrogens is 332 g/mol. The van der Waals surface area contributed by atoms with Crippen LogP contribution in [0.25, 0.3) is 33.9 Å². The number of benzene rings is 3. The van der Waals surface area contributed by atoms with Crippen LogP contribution in [0.4, 0.5) is 0 Å². The molecule has 0 aliphatic carbocycles. The summed E-state index contributed by atoms with van der Waals surface area (Å²) in [5.74, 6) is 1.06. The Morgan fingerprint density at radius 1 is 0.560 bits per heavy atom. The highest BCUT2D eigenvalue weighted by molar-refractivity contribution is 6.30. The maximum absolute atomic E-state index is 5.95. The normalized spacial score (nSPS) is 10.6. The Kier molecular flexibility index (Phi) is 4.19. The summed E-state index contributed by atoms with van der Waals surface area (Å²) in [6.07, 6.45) is 0. The van der Waals surface area contributed by atoms with Crippen LogP contribution in [0.2, 0.25) is 5.02 Å². The number of halogens is 1. The largest absolute Gasteiger partial charge is 0.204 e. The summed E-state index contributed by atoms with van der Waals surface area (Å²) in [5.41, 5.74) is 3.92. The van der Waals surface area contributed by atoms with Crippen LogP contribution >= 0.6 is 11.6 Å². The van der Waals surface area contributed by atoms with Gasteiger partial charge < -0.3 is 0 Å². The summed E-state index contributed by atoms with van der Waals surface area (Å²) in [6.45, 7) is 0. The van der Waals surface area contributed by atoms with Gasteiger partial charge >= 0.3 is 0 Å². The molecule has 0 radical (unpaired) electrons. The van der Waals surface area contributed by atoms with Gasteiger partial charge in [0, 0.05) is 16.1 Å². The lowest BCUT2D eigenvalue weighted by Crippen LogP contribution is -2.00. The predicted molar refractivity (Wildman–Crippen MR) is 98.9 cm³/mol. The topological polar surface area (TPSA) is 51.6 Å². The van der Waals surface area contributed by atoms with Crippen molar-refractivity contribution in [3.8, 4) is 33.9 Å². The van der Waals surface area contributed by atoms with Crippen molar-refractivity contribution in [2.75, 3.05) is 0 Å². The third kappa shape index (κ3) is 3.25. The molecule has 0 atom stereocenters. The molecule has 4 aromatic rings. The third-order valence-corrected chi connectivity index (χ3v) is 4.10. The number of hydrogen-bond acceptors (Lipinski definition) is 4. The fraction of sp³-hybridized carbons (Fsp3) is 0. The summed E-state index contributed by atoms with van der Waals surface area (Å²) in [7, 11) is 0. The minimum Gasteiger partial charge on any atom is -0.204 e. The average Bonchev–Trinajstić information content (AvgIpc) is 2.69. The van der Waals surface area contributed by atoms with Crippen LogP contribution in [-0.2, 0) is 0 Å². The Balaban J connectivity index is 1.81.